The number of hydrogen-bond acceptors (Lipinski definition) is 4. The molecule has 144 valence electrons. The molecule has 0 aromatic heterocycles. The Labute approximate surface area is 164 Å². The van der Waals surface area contributed by atoms with Gasteiger partial charge in [-0.1, -0.05) is 11.6 Å². The number of benzene rings is 2. The molecule has 0 atom stereocenters. The zero-order valence-electron chi connectivity index (χ0n) is 13.9. The van der Waals surface area contributed by atoms with Gasteiger partial charge in [0.1, 0.15) is 11.6 Å². The van der Waals surface area contributed by atoms with E-state index >= 15 is 0 Å². The molecule has 0 spiro atoms. The summed E-state index contributed by atoms with van der Waals surface area (Å²) < 4.78 is 53.6. The molecule has 10 heteroatoms. The second-order valence-electron chi connectivity index (χ2n) is 5.74. The highest BCUT2D eigenvalue weighted by Gasteiger charge is 2.27. The van der Waals surface area contributed by atoms with Gasteiger partial charge in [0.2, 0.25) is 10.0 Å². The molecule has 1 amide bonds. The Morgan fingerprint density at radius 3 is 2.48 bits per heavy atom. The lowest BCUT2D eigenvalue weighted by atomic mass is 10.2. The summed E-state index contributed by atoms with van der Waals surface area (Å²) in [5.41, 5.74) is -0.355. The average Bonchev–Trinajstić information content (AvgIpc) is 2.65. The van der Waals surface area contributed by atoms with Crippen LogP contribution in [0.4, 0.5) is 14.5 Å². The minimum absolute atomic E-state index is 0.0168. The van der Waals surface area contributed by atoms with Crippen LogP contribution in [0.25, 0.3) is 0 Å². The van der Waals surface area contributed by atoms with Crippen LogP contribution in [0.1, 0.15) is 10.4 Å². The fourth-order valence-electron chi connectivity index (χ4n) is 2.56. The van der Waals surface area contributed by atoms with Gasteiger partial charge in [-0.15, -0.1) is 0 Å². The first kappa shape index (κ1) is 20.1. The average molecular weight is 433 g/mol. The van der Waals surface area contributed by atoms with Gasteiger partial charge in [0.05, 0.1) is 21.2 Å². The van der Waals surface area contributed by atoms with E-state index < -0.39 is 27.6 Å². The van der Waals surface area contributed by atoms with Crippen molar-refractivity contribution in [2.75, 3.05) is 29.9 Å². The molecule has 1 fully saturated rings. The van der Waals surface area contributed by atoms with Crippen LogP contribution in [-0.2, 0) is 10.0 Å². The summed E-state index contributed by atoms with van der Waals surface area (Å²) in [7, 11) is -3.76. The molecule has 1 heterocycles. The van der Waals surface area contributed by atoms with E-state index in [0.717, 1.165) is 18.2 Å². The van der Waals surface area contributed by atoms with E-state index in [2.05, 4.69) is 5.32 Å². The fourth-order valence-corrected chi connectivity index (χ4v) is 5.36. The molecule has 1 aliphatic rings. The number of anilines is 1. The van der Waals surface area contributed by atoms with Crippen molar-refractivity contribution < 1.29 is 22.0 Å². The van der Waals surface area contributed by atoms with Gasteiger partial charge < -0.3 is 5.32 Å². The molecule has 2 aromatic carbocycles. The number of thioether (sulfide) groups is 1. The van der Waals surface area contributed by atoms with Gasteiger partial charge in [0.25, 0.3) is 5.91 Å². The number of nitrogens with zero attached hydrogens (tertiary/aromatic N) is 1. The van der Waals surface area contributed by atoms with E-state index in [-0.39, 0.29) is 21.2 Å². The molecule has 3 rings (SSSR count). The first-order chi connectivity index (χ1) is 12.8. The van der Waals surface area contributed by atoms with Gasteiger partial charge >= 0.3 is 0 Å². The van der Waals surface area contributed by atoms with Gasteiger partial charge in [-0.05, 0) is 30.3 Å². The summed E-state index contributed by atoms with van der Waals surface area (Å²) in [5, 5.41) is 2.29. The van der Waals surface area contributed by atoms with Gasteiger partial charge in [-0.3, -0.25) is 4.79 Å². The lowest BCUT2D eigenvalue weighted by Gasteiger charge is -2.25. The maximum Gasteiger partial charge on any atom is 0.257 e. The van der Waals surface area contributed by atoms with Crippen molar-refractivity contribution in [3.05, 3.63) is 58.6 Å². The van der Waals surface area contributed by atoms with E-state index in [1.165, 1.54) is 16.4 Å². The van der Waals surface area contributed by atoms with Crippen LogP contribution in [0.3, 0.4) is 0 Å². The predicted molar refractivity (Wildman–Crippen MR) is 102 cm³/mol. The van der Waals surface area contributed by atoms with Crippen molar-refractivity contribution >= 4 is 45.0 Å². The molecule has 5 nitrogen and oxygen atoms in total. The van der Waals surface area contributed by atoms with Crippen molar-refractivity contribution in [3.63, 3.8) is 0 Å². The standard InChI is InChI=1S/C17H15ClF2N2O3S2/c18-14-3-2-12(27(24,25)22-5-7-26-8-6-22)10-13(14)17(23)21-16-4-1-11(19)9-15(16)20/h1-4,9-10H,5-8H2,(H,21,23). The van der Waals surface area contributed by atoms with E-state index in [9.17, 15) is 22.0 Å². The van der Waals surface area contributed by atoms with Gasteiger partial charge in [-0.2, -0.15) is 16.1 Å². The summed E-state index contributed by atoms with van der Waals surface area (Å²) in [5.74, 6) is -1.13. The quantitative estimate of drug-likeness (QED) is 0.801. The molecule has 1 saturated heterocycles. The molecule has 0 aliphatic carbocycles. The summed E-state index contributed by atoms with van der Waals surface area (Å²) in [6.45, 7) is 0.774. The lowest BCUT2D eigenvalue weighted by Crippen LogP contribution is -2.37. The van der Waals surface area contributed by atoms with Crippen LogP contribution in [0.15, 0.2) is 41.3 Å². The highest BCUT2D eigenvalue weighted by molar-refractivity contribution is 7.99. The molecule has 1 aliphatic heterocycles. The minimum atomic E-state index is -3.76. The Morgan fingerprint density at radius 2 is 1.81 bits per heavy atom. The van der Waals surface area contributed by atoms with Crippen LogP contribution < -0.4 is 5.32 Å². The number of amides is 1. The van der Waals surface area contributed by atoms with Crippen molar-refractivity contribution in [3.8, 4) is 0 Å². The van der Waals surface area contributed by atoms with E-state index in [0.29, 0.717) is 30.7 Å². The van der Waals surface area contributed by atoms with Crippen molar-refractivity contribution in [2.24, 2.45) is 0 Å². The number of carbonyl (C=O) groups excluding carboxylic acids is 1. The number of carbonyl (C=O) groups is 1. The Kier molecular flexibility index (Phi) is 6.05. The molecule has 27 heavy (non-hydrogen) atoms. The Balaban J connectivity index is 1.89. The van der Waals surface area contributed by atoms with Crippen LogP contribution in [0.5, 0.6) is 0 Å². The molecule has 1 N–H and O–H groups in total. The molecule has 0 saturated carbocycles. The highest BCUT2D eigenvalue weighted by Crippen LogP contribution is 2.26. The molecule has 2 aromatic rings. The third-order valence-corrected chi connectivity index (χ3v) is 7.14. The van der Waals surface area contributed by atoms with Crippen LogP contribution >= 0.6 is 23.4 Å². The Hall–Kier alpha value is -1.68. The van der Waals surface area contributed by atoms with Crippen molar-refractivity contribution in [1.29, 1.82) is 0 Å². The molecule has 0 bridgehead atoms. The lowest BCUT2D eigenvalue weighted by molar-refractivity contribution is 0.102. The largest absolute Gasteiger partial charge is 0.319 e. The topological polar surface area (TPSA) is 66.5 Å². The van der Waals surface area contributed by atoms with Crippen molar-refractivity contribution in [1.82, 2.24) is 4.31 Å². The zero-order chi connectivity index (χ0) is 19.6. The Morgan fingerprint density at radius 1 is 1.11 bits per heavy atom. The molecule has 0 radical (unpaired) electrons. The van der Waals surface area contributed by atoms with Crippen LogP contribution in [-0.4, -0.2) is 43.2 Å². The second-order valence-corrected chi connectivity index (χ2v) is 9.31. The summed E-state index contributed by atoms with van der Waals surface area (Å²) in [6.07, 6.45) is 0. The molecule has 0 unspecified atom stereocenters. The second kappa shape index (κ2) is 8.14. The summed E-state index contributed by atoms with van der Waals surface area (Å²) >= 11 is 7.70. The predicted octanol–water partition coefficient (Wildman–Crippen LogP) is 3.61. The number of nitrogens with one attached hydrogen (secondary N) is 1. The van der Waals surface area contributed by atoms with E-state index in [1.807, 2.05) is 0 Å². The third kappa shape index (κ3) is 4.43. The smallest absolute Gasteiger partial charge is 0.257 e. The van der Waals surface area contributed by atoms with Crippen molar-refractivity contribution in [2.45, 2.75) is 4.90 Å². The first-order valence-corrected chi connectivity index (χ1v) is 10.9. The van der Waals surface area contributed by atoms with Gasteiger partial charge in [0, 0.05) is 30.7 Å². The SMILES string of the molecule is O=C(Nc1ccc(F)cc1F)c1cc(S(=O)(=O)N2CCSCC2)ccc1Cl. The van der Waals surface area contributed by atoms with Crippen LogP contribution in [0, 0.1) is 11.6 Å². The monoisotopic (exact) mass is 432 g/mol. The van der Waals surface area contributed by atoms with Gasteiger partial charge in [0.15, 0.2) is 0 Å². The third-order valence-electron chi connectivity index (χ3n) is 3.97. The van der Waals surface area contributed by atoms with Gasteiger partial charge in [-0.25, -0.2) is 17.2 Å². The van der Waals surface area contributed by atoms with E-state index in [4.69, 9.17) is 11.6 Å². The Bertz CT molecular complexity index is 980. The number of hydrogen-bond donors (Lipinski definition) is 1. The minimum Gasteiger partial charge on any atom is -0.319 e. The number of sulfonamides is 1. The summed E-state index contributed by atoms with van der Waals surface area (Å²) in [6, 6.07) is 6.50. The van der Waals surface area contributed by atoms with Crippen LogP contribution in [0.2, 0.25) is 5.02 Å². The number of rotatable bonds is 4. The number of halogens is 3. The normalized spacial score (nSPS) is 15.5. The zero-order valence-corrected chi connectivity index (χ0v) is 16.3. The maximum atomic E-state index is 13.7. The van der Waals surface area contributed by atoms with E-state index in [1.54, 1.807) is 11.8 Å². The molecular formula is C17H15ClF2N2O3S2. The highest BCUT2D eigenvalue weighted by atomic mass is 35.5. The first-order valence-electron chi connectivity index (χ1n) is 7.93. The maximum absolute atomic E-state index is 13.7. The fraction of sp³-hybridized carbons (Fsp3) is 0.235. The summed E-state index contributed by atoms with van der Waals surface area (Å²) in [4.78, 5) is 12.4. The molecular weight excluding hydrogens is 418 g/mol.